The topological polar surface area (TPSA) is 42.4 Å². The van der Waals surface area contributed by atoms with Crippen molar-refractivity contribution < 1.29 is 9.84 Å². The molecule has 0 aliphatic rings. The number of fused-ring (bicyclic) bond motifs is 1. The summed E-state index contributed by atoms with van der Waals surface area (Å²) in [7, 11) is 0. The van der Waals surface area contributed by atoms with Crippen molar-refractivity contribution >= 4 is 26.7 Å². The molecule has 3 nitrogen and oxygen atoms in total. The molecule has 0 amide bonds. The summed E-state index contributed by atoms with van der Waals surface area (Å²) >= 11 is 3.38. The van der Waals surface area contributed by atoms with Gasteiger partial charge in [-0.05, 0) is 64.0 Å². The minimum atomic E-state index is 0.243. The van der Waals surface area contributed by atoms with Gasteiger partial charge in [0, 0.05) is 16.2 Å². The molecule has 2 aromatic carbocycles. The first-order chi connectivity index (χ1) is 9.61. The second-order valence-electron chi connectivity index (χ2n) is 4.57. The molecule has 0 saturated carbocycles. The number of phenolic OH excluding ortho intramolecular Hbond substituents is 1. The highest BCUT2D eigenvalue weighted by molar-refractivity contribution is 9.10. The highest BCUT2D eigenvalue weighted by atomic mass is 79.9. The molecule has 1 N–H and O–H groups in total. The second-order valence-corrected chi connectivity index (χ2v) is 5.49. The highest BCUT2D eigenvalue weighted by Gasteiger charge is 2.05. The predicted molar refractivity (Wildman–Crippen MR) is 82.4 cm³/mol. The Morgan fingerprint density at radius 3 is 2.65 bits per heavy atom. The normalized spacial score (nSPS) is 10.7. The van der Waals surface area contributed by atoms with Crippen LogP contribution in [0.15, 0.2) is 53.1 Å². The number of benzene rings is 2. The van der Waals surface area contributed by atoms with Gasteiger partial charge in [0.2, 0.25) is 5.88 Å². The average Bonchev–Trinajstić information content (AvgIpc) is 2.41. The van der Waals surface area contributed by atoms with Gasteiger partial charge in [-0.1, -0.05) is 12.1 Å². The zero-order valence-electron chi connectivity index (χ0n) is 10.8. The van der Waals surface area contributed by atoms with Crippen LogP contribution in [0.5, 0.6) is 17.4 Å². The molecule has 0 saturated heterocycles. The van der Waals surface area contributed by atoms with E-state index in [1.165, 1.54) is 0 Å². The van der Waals surface area contributed by atoms with E-state index in [1.807, 2.05) is 37.3 Å². The van der Waals surface area contributed by atoms with E-state index in [1.54, 1.807) is 18.3 Å². The molecule has 3 rings (SSSR count). The lowest BCUT2D eigenvalue weighted by atomic mass is 10.1. The molecule has 1 aromatic heterocycles. The van der Waals surface area contributed by atoms with Crippen LogP contribution in [0, 0.1) is 6.92 Å². The first-order valence-corrected chi connectivity index (χ1v) is 6.94. The van der Waals surface area contributed by atoms with Gasteiger partial charge in [0.1, 0.15) is 11.5 Å². The van der Waals surface area contributed by atoms with Crippen LogP contribution in [-0.2, 0) is 0 Å². The monoisotopic (exact) mass is 329 g/mol. The number of nitrogens with zero attached hydrogens (tertiary/aromatic N) is 1. The van der Waals surface area contributed by atoms with Crippen LogP contribution < -0.4 is 4.74 Å². The molecular formula is C16H12BrNO2. The summed E-state index contributed by atoms with van der Waals surface area (Å²) in [6.45, 7) is 1.94. The maximum atomic E-state index is 9.53. The third kappa shape index (κ3) is 2.60. The minimum Gasteiger partial charge on any atom is -0.508 e. The van der Waals surface area contributed by atoms with Gasteiger partial charge in [0.15, 0.2) is 0 Å². The van der Waals surface area contributed by atoms with E-state index in [2.05, 4.69) is 20.9 Å². The van der Waals surface area contributed by atoms with E-state index < -0.39 is 0 Å². The number of aryl methyl sites for hydroxylation is 1. The van der Waals surface area contributed by atoms with Crippen molar-refractivity contribution in [2.75, 3.05) is 0 Å². The predicted octanol–water partition coefficient (Wildman–Crippen LogP) is 4.80. The van der Waals surface area contributed by atoms with Crippen LogP contribution in [0.25, 0.3) is 10.8 Å². The summed E-state index contributed by atoms with van der Waals surface area (Å²) in [5, 5.41) is 11.5. The first kappa shape index (κ1) is 12.9. The Morgan fingerprint density at radius 1 is 1.05 bits per heavy atom. The summed E-state index contributed by atoms with van der Waals surface area (Å²) in [5.41, 5.74) is 0.954. The Labute approximate surface area is 125 Å². The second kappa shape index (κ2) is 5.13. The summed E-state index contributed by atoms with van der Waals surface area (Å²) in [6.07, 6.45) is 1.70. The summed E-state index contributed by atoms with van der Waals surface area (Å²) in [4.78, 5) is 4.25. The summed E-state index contributed by atoms with van der Waals surface area (Å²) in [6, 6.07) is 12.9. The zero-order valence-corrected chi connectivity index (χ0v) is 12.4. The van der Waals surface area contributed by atoms with Crippen molar-refractivity contribution in [3.8, 4) is 17.4 Å². The number of aromatic hydroxyl groups is 1. The number of hydrogen-bond acceptors (Lipinski definition) is 3. The molecule has 0 aliphatic carbocycles. The summed E-state index contributed by atoms with van der Waals surface area (Å²) in [5.74, 6) is 1.52. The fourth-order valence-corrected chi connectivity index (χ4v) is 2.47. The van der Waals surface area contributed by atoms with E-state index in [0.29, 0.717) is 11.6 Å². The number of aromatic nitrogens is 1. The zero-order chi connectivity index (χ0) is 14.1. The molecule has 0 bridgehead atoms. The lowest BCUT2D eigenvalue weighted by Crippen LogP contribution is -1.91. The summed E-state index contributed by atoms with van der Waals surface area (Å²) < 4.78 is 6.72. The number of rotatable bonds is 2. The number of pyridine rings is 1. The Kier molecular flexibility index (Phi) is 3.32. The van der Waals surface area contributed by atoms with E-state index in [4.69, 9.17) is 4.74 Å². The number of phenols is 1. The number of halogens is 1. The third-order valence-corrected chi connectivity index (χ3v) is 3.44. The lowest BCUT2D eigenvalue weighted by Gasteiger charge is -2.08. The maximum absolute atomic E-state index is 9.53. The smallest absolute Gasteiger partial charge is 0.222 e. The maximum Gasteiger partial charge on any atom is 0.222 e. The van der Waals surface area contributed by atoms with Gasteiger partial charge in [-0.25, -0.2) is 4.98 Å². The van der Waals surface area contributed by atoms with Crippen molar-refractivity contribution in [1.29, 1.82) is 0 Å². The molecule has 0 fully saturated rings. The lowest BCUT2D eigenvalue weighted by molar-refractivity contribution is 0.459. The Bertz CT molecular complexity index is 787. The Hall–Kier alpha value is -2.07. The fraction of sp³-hybridized carbons (Fsp3) is 0.0625. The average molecular weight is 330 g/mol. The molecule has 0 atom stereocenters. The third-order valence-electron chi connectivity index (χ3n) is 3.01. The Balaban J connectivity index is 1.98. The van der Waals surface area contributed by atoms with Crippen LogP contribution in [0.3, 0.4) is 0 Å². The highest BCUT2D eigenvalue weighted by Crippen LogP contribution is 2.29. The van der Waals surface area contributed by atoms with Crippen molar-refractivity contribution in [3.63, 3.8) is 0 Å². The SMILES string of the molecule is Cc1cc(Br)cnc1Oc1ccc2ccc(O)cc2c1. The van der Waals surface area contributed by atoms with E-state index in [0.717, 1.165) is 20.8 Å². The molecule has 1 heterocycles. The first-order valence-electron chi connectivity index (χ1n) is 6.14. The van der Waals surface area contributed by atoms with Gasteiger partial charge in [-0.15, -0.1) is 0 Å². The van der Waals surface area contributed by atoms with Crippen molar-refractivity contribution in [1.82, 2.24) is 4.98 Å². The number of hydrogen-bond donors (Lipinski definition) is 1. The van der Waals surface area contributed by atoms with Gasteiger partial charge < -0.3 is 9.84 Å². The van der Waals surface area contributed by atoms with Gasteiger partial charge in [0.25, 0.3) is 0 Å². The van der Waals surface area contributed by atoms with Crippen LogP contribution in [0.4, 0.5) is 0 Å². The Morgan fingerprint density at radius 2 is 1.85 bits per heavy atom. The van der Waals surface area contributed by atoms with E-state index >= 15 is 0 Å². The van der Waals surface area contributed by atoms with Gasteiger partial charge in [-0.2, -0.15) is 0 Å². The van der Waals surface area contributed by atoms with Crippen LogP contribution in [-0.4, -0.2) is 10.1 Å². The van der Waals surface area contributed by atoms with Crippen molar-refractivity contribution in [2.24, 2.45) is 0 Å². The molecule has 0 spiro atoms. The van der Waals surface area contributed by atoms with Crippen LogP contribution in [0.2, 0.25) is 0 Å². The van der Waals surface area contributed by atoms with Crippen LogP contribution in [0.1, 0.15) is 5.56 Å². The van der Waals surface area contributed by atoms with Crippen LogP contribution >= 0.6 is 15.9 Å². The standard InChI is InChI=1S/C16H12BrNO2/c1-10-6-13(17)9-18-16(10)20-15-5-3-11-2-4-14(19)7-12(11)8-15/h2-9,19H,1H3. The molecular weight excluding hydrogens is 318 g/mol. The van der Waals surface area contributed by atoms with Gasteiger partial charge in [-0.3, -0.25) is 0 Å². The molecule has 20 heavy (non-hydrogen) atoms. The molecule has 0 radical (unpaired) electrons. The molecule has 0 aliphatic heterocycles. The quantitative estimate of drug-likeness (QED) is 0.734. The molecule has 3 aromatic rings. The van der Waals surface area contributed by atoms with E-state index in [9.17, 15) is 5.11 Å². The molecule has 4 heteroatoms. The van der Waals surface area contributed by atoms with Gasteiger partial charge >= 0.3 is 0 Å². The van der Waals surface area contributed by atoms with Crippen molar-refractivity contribution in [3.05, 3.63) is 58.7 Å². The van der Waals surface area contributed by atoms with Gasteiger partial charge in [0.05, 0.1) is 0 Å². The molecule has 100 valence electrons. The fourth-order valence-electron chi connectivity index (χ4n) is 2.02. The largest absolute Gasteiger partial charge is 0.508 e. The van der Waals surface area contributed by atoms with E-state index in [-0.39, 0.29) is 5.75 Å². The van der Waals surface area contributed by atoms with Crippen molar-refractivity contribution in [2.45, 2.75) is 6.92 Å². The molecule has 0 unspecified atom stereocenters. The number of ether oxygens (including phenoxy) is 1. The minimum absolute atomic E-state index is 0.243.